The Hall–Kier alpha value is -2.68. The Balaban J connectivity index is 1.59. The Morgan fingerprint density at radius 3 is 3.00 bits per heavy atom. The minimum absolute atomic E-state index is 0.00348. The number of halogens is 1. The first-order valence-electron chi connectivity index (χ1n) is 10.2. The van der Waals surface area contributed by atoms with Crippen LogP contribution >= 0.6 is 15.9 Å². The fraction of sp³-hybridized carbons (Fsp3) is 0.429. The number of rotatable bonds is 5. The van der Waals surface area contributed by atoms with Crippen LogP contribution in [0.4, 0.5) is 10.6 Å². The van der Waals surface area contributed by atoms with Crippen molar-refractivity contribution in [3.63, 3.8) is 0 Å². The highest BCUT2D eigenvalue weighted by Crippen LogP contribution is 2.30. The summed E-state index contributed by atoms with van der Waals surface area (Å²) in [6.45, 7) is 6.03. The molecule has 8 nitrogen and oxygen atoms in total. The van der Waals surface area contributed by atoms with Gasteiger partial charge in [0, 0.05) is 50.1 Å². The van der Waals surface area contributed by atoms with Crippen molar-refractivity contribution in [3.8, 4) is 0 Å². The maximum absolute atomic E-state index is 12.5. The fourth-order valence-electron chi connectivity index (χ4n) is 3.73. The van der Waals surface area contributed by atoms with Gasteiger partial charge < -0.3 is 15.5 Å². The highest BCUT2D eigenvalue weighted by atomic mass is 79.9. The average Bonchev–Trinajstić information content (AvgIpc) is 3.13. The molecule has 158 valence electrons. The monoisotopic (exact) mass is 471 g/mol. The number of carbonyl (C=O) groups excluding carboxylic acids is 1. The van der Waals surface area contributed by atoms with Crippen molar-refractivity contribution in [2.75, 3.05) is 18.4 Å². The Morgan fingerprint density at radius 1 is 1.37 bits per heavy atom. The van der Waals surface area contributed by atoms with E-state index in [9.17, 15) is 4.79 Å². The van der Waals surface area contributed by atoms with Gasteiger partial charge in [-0.25, -0.2) is 9.78 Å². The van der Waals surface area contributed by atoms with Crippen LogP contribution in [0.1, 0.15) is 43.9 Å². The first-order chi connectivity index (χ1) is 14.5. The molecule has 1 fully saturated rings. The largest absolute Gasteiger partial charge is 0.366 e. The number of carbonyl (C=O) groups is 1. The zero-order valence-electron chi connectivity index (χ0n) is 17.2. The van der Waals surface area contributed by atoms with E-state index in [4.69, 9.17) is 4.98 Å². The summed E-state index contributed by atoms with van der Waals surface area (Å²) in [4.78, 5) is 23.4. The predicted molar refractivity (Wildman–Crippen MR) is 119 cm³/mol. The lowest BCUT2D eigenvalue weighted by Crippen LogP contribution is -2.47. The molecule has 2 N–H and O–H groups in total. The van der Waals surface area contributed by atoms with E-state index in [-0.39, 0.29) is 18.0 Å². The van der Waals surface area contributed by atoms with E-state index in [1.54, 1.807) is 16.9 Å². The number of likely N-dealkylation sites (tertiary alicyclic amines) is 1. The van der Waals surface area contributed by atoms with E-state index in [2.05, 4.69) is 42.7 Å². The minimum atomic E-state index is -0.00348. The molecule has 9 heteroatoms. The number of hydrogen-bond acceptors (Lipinski definition) is 5. The number of hydrogen-bond donors (Lipinski definition) is 2. The Kier molecular flexibility index (Phi) is 6.17. The molecule has 1 aliphatic rings. The molecule has 3 aromatic rings. The van der Waals surface area contributed by atoms with Crippen molar-refractivity contribution >= 4 is 33.4 Å². The van der Waals surface area contributed by atoms with E-state index in [0.717, 1.165) is 46.6 Å². The normalized spacial score (nSPS) is 16.8. The van der Waals surface area contributed by atoms with Crippen LogP contribution in [-0.2, 0) is 6.54 Å². The summed E-state index contributed by atoms with van der Waals surface area (Å²) in [5.74, 6) is 1.05. The lowest BCUT2D eigenvalue weighted by atomic mass is 9.94. The number of pyridine rings is 1. The van der Waals surface area contributed by atoms with Crippen LogP contribution in [-0.4, -0.2) is 49.6 Å². The van der Waals surface area contributed by atoms with Gasteiger partial charge in [-0.05, 0) is 54.2 Å². The van der Waals surface area contributed by atoms with Gasteiger partial charge in [0.2, 0.25) is 0 Å². The molecule has 0 radical (unpaired) electrons. The van der Waals surface area contributed by atoms with Crippen LogP contribution < -0.4 is 10.6 Å². The number of anilines is 1. The molecular weight excluding hydrogens is 446 g/mol. The topological polar surface area (TPSA) is 87.5 Å². The van der Waals surface area contributed by atoms with Crippen molar-refractivity contribution < 1.29 is 4.79 Å². The molecule has 0 aromatic carbocycles. The second-order valence-corrected chi connectivity index (χ2v) is 8.75. The highest BCUT2D eigenvalue weighted by molar-refractivity contribution is 9.10. The Morgan fingerprint density at radius 2 is 2.23 bits per heavy atom. The summed E-state index contributed by atoms with van der Waals surface area (Å²) in [6.07, 6.45) is 7.33. The van der Waals surface area contributed by atoms with E-state index in [1.165, 1.54) is 0 Å². The number of aromatic nitrogens is 4. The molecular formula is C21H26BrN7O. The molecule has 4 rings (SSSR count). The Labute approximate surface area is 184 Å². The van der Waals surface area contributed by atoms with E-state index in [1.807, 2.05) is 37.1 Å². The van der Waals surface area contributed by atoms with Crippen LogP contribution in [0.3, 0.4) is 0 Å². The van der Waals surface area contributed by atoms with Crippen LogP contribution in [0.2, 0.25) is 0 Å². The van der Waals surface area contributed by atoms with E-state index in [0.29, 0.717) is 13.1 Å². The van der Waals surface area contributed by atoms with Crippen LogP contribution in [0.25, 0.3) is 5.65 Å². The smallest absolute Gasteiger partial charge is 0.317 e. The number of piperidine rings is 1. The number of fused-ring (bicyclic) bond motifs is 1. The van der Waals surface area contributed by atoms with Gasteiger partial charge in [0.05, 0.1) is 16.4 Å². The summed E-state index contributed by atoms with van der Waals surface area (Å²) in [6, 6.07) is 6.13. The van der Waals surface area contributed by atoms with Crippen molar-refractivity contribution in [2.45, 2.75) is 45.2 Å². The van der Waals surface area contributed by atoms with E-state index >= 15 is 0 Å². The van der Waals surface area contributed by atoms with Crippen molar-refractivity contribution in [1.82, 2.24) is 29.8 Å². The van der Waals surface area contributed by atoms with Gasteiger partial charge in [-0.1, -0.05) is 6.07 Å². The van der Waals surface area contributed by atoms with Gasteiger partial charge in [-0.15, -0.1) is 0 Å². The molecule has 30 heavy (non-hydrogen) atoms. The molecule has 0 aliphatic carbocycles. The zero-order valence-corrected chi connectivity index (χ0v) is 18.8. The molecule has 0 spiro atoms. The van der Waals surface area contributed by atoms with Gasteiger partial charge in [0.25, 0.3) is 0 Å². The first-order valence-corrected chi connectivity index (χ1v) is 11.0. The summed E-state index contributed by atoms with van der Waals surface area (Å²) < 4.78 is 2.65. The van der Waals surface area contributed by atoms with Gasteiger partial charge in [0.1, 0.15) is 5.82 Å². The zero-order chi connectivity index (χ0) is 21.1. The highest BCUT2D eigenvalue weighted by Gasteiger charge is 2.27. The number of urea groups is 1. The van der Waals surface area contributed by atoms with Crippen LogP contribution in [0, 0.1) is 0 Å². The van der Waals surface area contributed by atoms with Crippen molar-refractivity contribution in [1.29, 1.82) is 0 Å². The second-order valence-electron chi connectivity index (χ2n) is 7.90. The molecule has 2 amide bonds. The minimum Gasteiger partial charge on any atom is -0.366 e. The fourth-order valence-corrected chi connectivity index (χ4v) is 4.07. The SMILES string of the molecule is CC(C)NC(=O)N1CCCC(c2cc(NCc3cccnc3)n3ncc(Br)c3n2)C1. The molecule has 0 bridgehead atoms. The number of amides is 2. The molecule has 1 aliphatic heterocycles. The van der Waals surface area contributed by atoms with Crippen LogP contribution in [0.5, 0.6) is 0 Å². The molecule has 1 unspecified atom stereocenters. The maximum atomic E-state index is 12.5. The summed E-state index contributed by atoms with van der Waals surface area (Å²) in [5, 5.41) is 10.9. The molecule has 1 atom stereocenters. The van der Waals surface area contributed by atoms with Crippen molar-refractivity contribution in [2.24, 2.45) is 0 Å². The van der Waals surface area contributed by atoms with Crippen molar-refractivity contribution in [3.05, 3.63) is 52.5 Å². The summed E-state index contributed by atoms with van der Waals surface area (Å²) in [5.41, 5.74) is 2.83. The molecule has 4 heterocycles. The quantitative estimate of drug-likeness (QED) is 0.590. The average molecular weight is 472 g/mol. The van der Waals surface area contributed by atoms with Crippen LogP contribution in [0.15, 0.2) is 41.3 Å². The molecule has 1 saturated heterocycles. The predicted octanol–water partition coefficient (Wildman–Crippen LogP) is 3.80. The summed E-state index contributed by atoms with van der Waals surface area (Å²) in [7, 11) is 0. The van der Waals surface area contributed by atoms with Gasteiger partial charge >= 0.3 is 6.03 Å². The first kappa shape index (κ1) is 20.6. The second kappa shape index (κ2) is 8.99. The molecule has 0 saturated carbocycles. The number of nitrogens with zero attached hydrogens (tertiary/aromatic N) is 5. The number of nitrogens with one attached hydrogen (secondary N) is 2. The van der Waals surface area contributed by atoms with Gasteiger partial charge in [-0.3, -0.25) is 4.98 Å². The third-order valence-corrected chi connectivity index (χ3v) is 5.74. The third-order valence-electron chi connectivity index (χ3n) is 5.18. The third kappa shape index (κ3) is 4.56. The van der Waals surface area contributed by atoms with Gasteiger partial charge in [0.15, 0.2) is 5.65 Å². The standard InChI is InChI=1S/C21H26BrN7O/c1-14(2)26-21(30)28-8-4-6-16(13-28)18-9-19(24-11-15-5-3-7-23-10-15)29-20(27-18)17(22)12-25-29/h3,5,7,9-10,12,14,16,24H,4,6,8,11,13H2,1-2H3,(H,26,30). The summed E-state index contributed by atoms with van der Waals surface area (Å²) >= 11 is 3.56. The maximum Gasteiger partial charge on any atom is 0.317 e. The van der Waals surface area contributed by atoms with Gasteiger partial charge in [-0.2, -0.15) is 9.61 Å². The molecule has 3 aromatic heterocycles. The lowest BCUT2D eigenvalue weighted by molar-refractivity contribution is 0.176. The van der Waals surface area contributed by atoms with E-state index < -0.39 is 0 Å². The Bertz CT molecular complexity index is 1020. The lowest BCUT2D eigenvalue weighted by Gasteiger charge is -2.33.